The number of hydrogen-bond donors (Lipinski definition) is 1. The van der Waals surface area contributed by atoms with Crippen LogP contribution in [0.1, 0.15) is 13.8 Å². The van der Waals surface area contributed by atoms with E-state index in [2.05, 4.69) is 29.2 Å². The average molecular weight is 311 g/mol. The van der Waals surface area contributed by atoms with Gasteiger partial charge in [-0.15, -0.1) is 0 Å². The summed E-state index contributed by atoms with van der Waals surface area (Å²) >= 11 is 0. The highest BCUT2D eigenvalue weighted by molar-refractivity contribution is 5.83. The van der Waals surface area contributed by atoms with Crippen molar-refractivity contribution in [2.24, 2.45) is 5.92 Å². The molecule has 2 heterocycles. The zero-order chi connectivity index (χ0) is 16.2. The fourth-order valence-electron chi connectivity index (χ4n) is 2.64. The van der Waals surface area contributed by atoms with Crippen molar-refractivity contribution in [3.8, 4) is 0 Å². The van der Waals surface area contributed by atoms with Crippen molar-refractivity contribution < 1.29 is 4.79 Å². The lowest BCUT2D eigenvalue weighted by Gasteiger charge is -2.22. The third kappa shape index (κ3) is 3.59. The normalized spacial score (nSPS) is 12.7. The van der Waals surface area contributed by atoms with E-state index < -0.39 is 0 Å². The van der Waals surface area contributed by atoms with Crippen LogP contribution in [-0.2, 0) is 17.9 Å². The van der Waals surface area contributed by atoms with Crippen molar-refractivity contribution in [3.05, 3.63) is 49.2 Å². The molecule has 0 radical (unpaired) electrons. The molecule has 3 rings (SSSR count). The van der Waals surface area contributed by atoms with Crippen molar-refractivity contribution in [1.82, 2.24) is 24.6 Å². The molecular weight excluding hydrogens is 290 g/mol. The van der Waals surface area contributed by atoms with Crippen LogP contribution in [-0.4, -0.2) is 31.3 Å². The maximum Gasteiger partial charge on any atom is 0.240 e. The minimum absolute atomic E-state index is 0.00479. The van der Waals surface area contributed by atoms with Gasteiger partial charge in [-0.05, 0) is 23.4 Å². The van der Waals surface area contributed by atoms with E-state index in [0.29, 0.717) is 19.0 Å². The summed E-state index contributed by atoms with van der Waals surface area (Å²) in [5.74, 6) is 0.315. The van der Waals surface area contributed by atoms with Gasteiger partial charge in [0, 0.05) is 11.7 Å². The molecule has 1 amide bonds. The smallest absolute Gasteiger partial charge is 0.240 e. The predicted molar refractivity (Wildman–Crippen MR) is 88.7 cm³/mol. The number of fused-ring (bicyclic) bond motifs is 1. The first kappa shape index (κ1) is 15.3. The summed E-state index contributed by atoms with van der Waals surface area (Å²) in [7, 11) is 0. The maximum atomic E-state index is 12.4. The van der Waals surface area contributed by atoms with Crippen molar-refractivity contribution in [2.75, 3.05) is 0 Å². The molecule has 0 aliphatic rings. The van der Waals surface area contributed by atoms with Gasteiger partial charge in [0.05, 0.1) is 12.6 Å². The lowest BCUT2D eigenvalue weighted by molar-refractivity contribution is -0.122. The molecule has 120 valence electrons. The second-order valence-electron chi connectivity index (χ2n) is 6.04. The van der Waals surface area contributed by atoms with Crippen molar-refractivity contribution in [1.29, 1.82) is 0 Å². The zero-order valence-corrected chi connectivity index (χ0v) is 13.4. The van der Waals surface area contributed by atoms with Gasteiger partial charge in [-0.2, -0.15) is 5.10 Å². The summed E-state index contributed by atoms with van der Waals surface area (Å²) in [6, 6.07) is 10.1. The monoisotopic (exact) mass is 311 g/mol. The van der Waals surface area contributed by atoms with Crippen LogP contribution in [0.15, 0.2) is 49.2 Å². The molecule has 0 aliphatic carbocycles. The Morgan fingerprint density at radius 3 is 2.83 bits per heavy atom. The molecular formula is C17H21N5O. The Morgan fingerprint density at radius 2 is 2.09 bits per heavy atom. The van der Waals surface area contributed by atoms with Gasteiger partial charge in [0.25, 0.3) is 0 Å². The van der Waals surface area contributed by atoms with E-state index in [4.69, 9.17) is 0 Å². The van der Waals surface area contributed by atoms with Gasteiger partial charge in [0.15, 0.2) is 0 Å². The molecule has 6 nitrogen and oxygen atoms in total. The molecule has 23 heavy (non-hydrogen) atoms. The fourth-order valence-corrected chi connectivity index (χ4v) is 2.64. The number of carbonyl (C=O) groups is 1. The number of carbonyl (C=O) groups excluding carboxylic acids is 1. The number of benzene rings is 1. The summed E-state index contributed by atoms with van der Waals surface area (Å²) in [4.78, 5) is 16.4. The molecule has 1 aromatic carbocycles. The molecule has 2 aromatic heterocycles. The van der Waals surface area contributed by atoms with Crippen LogP contribution in [0.5, 0.6) is 0 Å². The predicted octanol–water partition coefficient (Wildman–Crippen LogP) is 2.07. The molecule has 0 fully saturated rings. The van der Waals surface area contributed by atoms with Gasteiger partial charge in [0.2, 0.25) is 5.91 Å². The van der Waals surface area contributed by atoms with Crippen LogP contribution in [0.4, 0.5) is 0 Å². The summed E-state index contributed by atoms with van der Waals surface area (Å²) in [5.41, 5.74) is 1.07. The topological polar surface area (TPSA) is 64.7 Å². The number of nitrogens with one attached hydrogen (secondary N) is 1. The average Bonchev–Trinajstić information content (AvgIpc) is 3.17. The van der Waals surface area contributed by atoms with Gasteiger partial charge in [0.1, 0.15) is 19.2 Å². The van der Waals surface area contributed by atoms with Crippen LogP contribution < -0.4 is 5.32 Å². The van der Waals surface area contributed by atoms with E-state index >= 15 is 0 Å². The Morgan fingerprint density at radius 1 is 1.26 bits per heavy atom. The first-order valence-corrected chi connectivity index (χ1v) is 7.79. The summed E-state index contributed by atoms with van der Waals surface area (Å²) in [6.07, 6.45) is 5.12. The Hall–Kier alpha value is -2.63. The highest BCUT2D eigenvalue weighted by Crippen LogP contribution is 2.15. The van der Waals surface area contributed by atoms with Gasteiger partial charge < -0.3 is 9.88 Å². The van der Waals surface area contributed by atoms with Crippen LogP contribution in [0.3, 0.4) is 0 Å². The second kappa shape index (κ2) is 6.64. The molecule has 0 aliphatic heterocycles. The Balaban J connectivity index is 1.67. The summed E-state index contributed by atoms with van der Waals surface area (Å²) in [5, 5.41) is 8.36. The van der Waals surface area contributed by atoms with Gasteiger partial charge >= 0.3 is 0 Å². The van der Waals surface area contributed by atoms with E-state index in [1.807, 2.05) is 41.1 Å². The molecule has 0 bridgehead atoms. The number of aromatic nitrogens is 4. The number of para-hydroxylation sites is 1. The Kier molecular flexibility index (Phi) is 4.41. The standard InChI is InChI=1S/C17H21N5O/c1-13(2)15(9-22-12-18-11-19-22)20-17(23)10-21-8-7-14-5-3-4-6-16(14)21/h3-8,11-13,15H,9-10H2,1-2H3,(H,20,23)/t15-/m1/s1. The van der Waals surface area contributed by atoms with Crippen LogP contribution in [0.2, 0.25) is 0 Å². The van der Waals surface area contributed by atoms with E-state index in [1.165, 1.54) is 6.33 Å². The van der Waals surface area contributed by atoms with Crippen LogP contribution >= 0.6 is 0 Å². The Labute approximate surface area is 135 Å². The van der Waals surface area contributed by atoms with E-state index in [9.17, 15) is 4.79 Å². The van der Waals surface area contributed by atoms with Crippen molar-refractivity contribution in [3.63, 3.8) is 0 Å². The highest BCUT2D eigenvalue weighted by atomic mass is 16.2. The molecule has 0 unspecified atom stereocenters. The maximum absolute atomic E-state index is 12.4. The van der Waals surface area contributed by atoms with E-state index in [0.717, 1.165) is 10.9 Å². The summed E-state index contributed by atoms with van der Waals surface area (Å²) < 4.78 is 3.72. The minimum Gasteiger partial charge on any atom is -0.350 e. The summed E-state index contributed by atoms with van der Waals surface area (Å²) in [6.45, 7) is 5.11. The number of amides is 1. The highest BCUT2D eigenvalue weighted by Gasteiger charge is 2.17. The third-order valence-electron chi connectivity index (χ3n) is 4.00. The molecule has 1 N–H and O–H groups in total. The molecule has 6 heteroatoms. The number of nitrogens with zero attached hydrogens (tertiary/aromatic N) is 4. The SMILES string of the molecule is CC(C)[C@@H](Cn1cncn1)NC(=O)Cn1ccc2ccccc21. The minimum atomic E-state index is 0.00479. The lowest BCUT2D eigenvalue weighted by atomic mass is 10.0. The number of hydrogen-bond acceptors (Lipinski definition) is 3. The molecule has 0 spiro atoms. The van der Waals surface area contributed by atoms with Crippen LogP contribution in [0, 0.1) is 5.92 Å². The first-order valence-electron chi connectivity index (χ1n) is 7.79. The first-order chi connectivity index (χ1) is 11.1. The fraction of sp³-hybridized carbons (Fsp3) is 0.353. The quantitative estimate of drug-likeness (QED) is 0.758. The van der Waals surface area contributed by atoms with Gasteiger partial charge in [-0.3, -0.25) is 9.48 Å². The van der Waals surface area contributed by atoms with Gasteiger partial charge in [-0.25, -0.2) is 4.98 Å². The van der Waals surface area contributed by atoms with Crippen LogP contribution in [0.25, 0.3) is 10.9 Å². The van der Waals surface area contributed by atoms with Gasteiger partial charge in [-0.1, -0.05) is 32.0 Å². The molecule has 0 saturated carbocycles. The van der Waals surface area contributed by atoms with Crippen molar-refractivity contribution in [2.45, 2.75) is 33.0 Å². The largest absolute Gasteiger partial charge is 0.350 e. The zero-order valence-electron chi connectivity index (χ0n) is 13.4. The molecule has 3 aromatic rings. The number of rotatable bonds is 6. The van der Waals surface area contributed by atoms with E-state index in [1.54, 1.807) is 11.0 Å². The van der Waals surface area contributed by atoms with E-state index in [-0.39, 0.29) is 11.9 Å². The second-order valence-corrected chi connectivity index (χ2v) is 6.04. The third-order valence-corrected chi connectivity index (χ3v) is 4.00. The molecule has 1 atom stereocenters. The van der Waals surface area contributed by atoms with Crippen molar-refractivity contribution >= 4 is 16.8 Å². The Bertz CT molecular complexity index is 775. The molecule has 0 saturated heterocycles. The lowest BCUT2D eigenvalue weighted by Crippen LogP contribution is -2.43.